The lowest BCUT2D eigenvalue weighted by Crippen LogP contribution is -2.22. The van der Waals surface area contributed by atoms with Gasteiger partial charge in [0, 0.05) is 25.8 Å². The molecule has 0 bridgehead atoms. The average Bonchev–Trinajstić information content (AvgIpc) is 2.37. The van der Waals surface area contributed by atoms with Gasteiger partial charge < -0.3 is 10.4 Å². The molecule has 0 radical (unpaired) electrons. The Labute approximate surface area is 114 Å². The minimum atomic E-state index is -3.18. The molecule has 1 unspecified atom stereocenters. The molecule has 0 saturated carbocycles. The number of hydrogen-bond donors (Lipinski definition) is 2. The molecule has 1 aromatic carbocycles. The van der Waals surface area contributed by atoms with Crippen LogP contribution in [0.5, 0.6) is 0 Å². The molecule has 19 heavy (non-hydrogen) atoms. The molecule has 5 heteroatoms. The monoisotopic (exact) mass is 281 g/mol. The van der Waals surface area contributed by atoms with E-state index in [1.807, 2.05) is 0 Å². The molecule has 104 valence electrons. The fourth-order valence-corrected chi connectivity index (χ4v) is 2.20. The lowest BCUT2D eigenvalue weighted by molar-refractivity contribution is 0.175. The molecule has 2 N–H and O–H groups in total. The Balaban J connectivity index is 2.53. The van der Waals surface area contributed by atoms with Gasteiger partial charge in [0.2, 0.25) is 0 Å². The predicted octanol–water partition coefficient (Wildman–Crippen LogP) is 1.13. The molecule has 0 amide bonds. The zero-order chi connectivity index (χ0) is 14.3. The lowest BCUT2D eigenvalue weighted by atomic mass is 10.1. The van der Waals surface area contributed by atoms with E-state index in [9.17, 15) is 13.5 Å². The second-order valence-electron chi connectivity index (χ2n) is 4.24. The second-order valence-corrected chi connectivity index (χ2v) is 6.25. The SMILES string of the molecule is CC#CCCNCC(O)c1ccc(S(C)(=O)=O)cc1. The highest BCUT2D eigenvalue weighted by atomic mass is 32.2. The Morgan fingerprint density at radius 1 is 1.32 bits per heavy atom. The van der Waals surface area contributed by atoms with Crippen molar-refractivity contribution in [3.05, 3.63) is 29.8 Å². The summed E-state index contributed by atoms with van der Waals surface area (Å²) < 4.78 is 22.6. The molecule has 0 heterocycles. The van der Waals surface area contributed by atoms with Gasteiger partial charge in [-0.25, -0.2) is 8.42 Å². The molecule has 0 spiro atoms. The highest BCUT2D eigenvalue weighted by Gasteiger charge is 2.10. The molecular formula is C14H19NO3S. The molecular weight excluding hydrogens is 262 g/mol. The zero-order valence-corrected chi connectivity index (χ0v) is 12.0. The quantitative estimate of drug-likeness (QED) is 0.606. The average molecular weight is 281 g/mol. The van der Waals surface area contributed by atoms with Crippen LogP contribution >= 0.6 is 0 Å². The number of rotatable bonds is 6. The van der Waals surface area contributed by atoms with E-state index in [1.165, 1.54) is 12.1 Å². The van der Waals surface area contributed by atoms with Crippen LogP contribution in [0.3, 0.4) is 0 Å². The normalized spacial score (nSPS) is 12.6. The van der Waals surface area contributed by atoms with Crippen molar-refractivity contribution in [1.29, 1.82) is 0 Å². The first-order valence-electron chi connectivity index (χ1n) is 6.03. The molecule has 0 fully saturated rings. The lowest BCUT2D eigenvalue weighted by Gasteiger charge is -2.12. The van der Waals surface area contributed by atoms with Crippen LogP contribution in [-0.4, -0.2) is 32.9 Å². The number of sulfone groups is 1. The van der Waals surface area contributed by atoms with Gasteiger partial charge in [-0.2, -0.15) is 0 Å². The topological polar surface area (TPSA) is 66.4 Å². The van der Waals surface area contributed by atoms with Gasteiger partial charge in [0.15, 0.2) is 9.84 Å². The Morgan fingerprint density at radius 2 is 1.95 bits per heavy atom. The van der Waals surface area contributed by atoms with E-state index in [1.54, 1.807) is 19.1 Å². The van der Waals surface area contributed by atoms with Crippen molar-refractivity contribution in [2.24, 2.45) is 0 Å². The molecule has 1 rings (SSSR count). The summed E-state index contributed by atoms with van der Waals surface area (Å²) in [6, 6.07) is 6.29. The molecule has 1 atom stereocenters. The third-order valence-corrected chi connectivity index (χ3v) is 3.76. The van der Waals surface area contributed by atoms with Crippen molar-refractivity contribution in [3.8, 4) is 11.8 Å². The number of hydrogen-bond acceptors (Lipinski definition) is 4. The minimum absolute atomic E-state index is 0.259. The first kappa shape index (κ1) is 15.7. The van der Waals surface area contributed by atoms with Crippen LogP contribution in [0.4, 0.5) is 0 Å². The zero-order valence-electron chi connectivity index (χ0n) is 11.2. The van der Waals surface area contributed by atoms with E-state index in [-0.39, 0.29) is 4.90 Å². The van der Waals surface area contributed by atoms with Crippen LogP contribution in [0.1, 0.15) is 25.0 Å². The van der Waals surface area contributed by atoms with Crippen LogP contribution in [-0.2, 0) is 9.84 Å². The summed E-state index contributed by atoms with van der Waals surface area (Å²) in [6.07, 6.45) is 1.26. The molecule has 0 aliphatic heterocycles. The van der Waals surface area contributed by atoms with Crippen LogP contribution in [0.2, 0.25) is 0 Å². The number of aliphatic hydroxyl groups excluding tert-OH is 1. The van der Waals surface area contributed by atoms with Gasteiger partial charge in [-0.1, -0.05) is 12.1 Å². The van der Waals surface area contributed by atoms with Crippen molar-refractivity contribution < 1.29 is 13.5 Å². The standard InChI is InChI=1S/C14H19NO3S/c1-3-4-5-10-15-11-14(16)12-6-8-13(9-7-12)19(2,17)18/h6-9,14-16H,5,10-11H2,1-2H3. The maximum absolute atomic E-state index is 11.3. The van der Waals surface area contributed by atoms with Gasteiger partial charge in [-0.3, -0.25) is 0 Å². The van der Waals surface area contributed by atoms with Crippen molar-refractivity contribution in [2.45, 2.75) is 24.3 Å². The summed E-state index contributed by atoms with van der Waals surface area (Å²) in [4.78, 5) is 0.259. The maximum atomic E-state index is 11.3. The summed E-state index contributed by atoms with van der Waals surface area (Å²) in [5.41, 5.74) is 0.696. The fourth-order valence-electron chi connectivity index (χ4n) is 1.57. The van der Waals surface area contributed by atoms with Crippen LogP contribution in [0, 0.1) is 11.8 Å². The minimum Gasteiger partial charge on any atom is -0.387 e. The van der Waals surface area contributed by atoms with Gasteiger partial charge in [0.05, 0.1) is 11.0 Å². The molecule has 0 aromatic heterocycles. The van der Waals surface area contributed by atoms with Crippen LogP contribution in [0.15, 0.2) is 29.2 Å². The summed E-state index contributed by atoms with van der Waals surface area (Å²) >= 11 is 0. The Bertz CT molecular complexity index is 553. The highest BCUT2D eigenvalue weighted by molar-refractivity contribution is 7.90. The van der Waals surface area contributed by atoms with Crippen molar-refractivity contribution >= 4 is 9.84 Å². The summed E-state index contributed by atoms with van der Waals surface area (Å²) in [5.74, 6) is 5.72. The van der Waals surface area contributed by atoms with Crippen LogP contribution in [0.25, 0.3) is 0 Å². The third-order valence-electron chi connectivity index (χ3n) is 2.63. The number of benzene rings is 1. The molecule has 0 aliphatic rings. The fraction of sp³-hybridized carbons (Fsp3) is 0.429. The summed E-state index contributed by atoms with van der Waals surface area (Å²) in [5, 5.41) is 13.0. The van der Waals surface area contributed by atoms with Gasteiger partial charge in [0.25, 0.3) is 0 Å². The largest absolute Gasteiger partial charge is 0.387 e. The van der Waals surface area contributed by atoms with E-state index in [2.05, 4.69) is 17.2 Å². The van der Waals surface area contributed by atoms with E-state index in [4.69, 9.17) is 0 Å². The van der Waals surface area contributed by atoms with Crippen molar-refractivity contribution in [1.82, 2.24) is 5.32 Å². The van der Waals surface area contributed by atoms with E-state index >= 15 is 0 Å². The highest BCUT2D eigenvalue weighted by Crippen LogP contribution is 2.15. The van der Waals surface area contributed by atoms with Gasteiger partial charge >= 0.3 is 0 Å². The van der Waals surface area contributed by atoms with Gasteiger partial charge in [-0.15, -0.1) is 11.8 Å². The molecule has 1 aromatic rings. The van der Waals surface area contributed by atoms with Gasteiger partial charge in [-0.05, 0) is 24.6 Å². The van der Waals surface area contributed by atoms with E-state index in [0.717, 1.165) is 19.2 Å². The van der Waals surface area contributed by atoms with E-state index < -0.39 is 15.9 Å². The Hall–Kier alpha value is -1.35. The second kappa shape index (κ2) is 7.29. The molecule has 0 saturated heterocycles. The predicted molar refractivity (Wildman–Crippen MR) is 75.4 cm³/mol. The van der Waals surface area contributed by atoms with E-state index in [0.29, 0.717) is 12.1 Å². The van der Waals surface area contributed by atoms with Crippen LogP contribution < -0.4 is 5.32 Å². The first-order valence-corrected chi connectivity index (χ1v) is 7.92. The summed E-state index contributed by atoms with van der Waals surface area (Å²) in [7, 11) is -3.18. The maximum Gasteiger partial charge on any atom is 0.175 e. The molecule has 4 nitrogen and oxygen atoms in total. The van der Waals surface area contributed by atoms with Crippen molar-refractivity contribution in [3.63, 3.8) is 0 Å². The van der Waals surface area contributed by atoms with Gasteiger partial charge in [0.1, 0.15) is 0 Å². The first-order chi connectivity index (χ1) is 8.95. The van der Waals surface area contributed by atoms with Crippen molar-refractivity contribution in [2.75, 3.05) is 19.3 Å². The Morgan fingerprint density at radius 3 is 2.47 bits per heavy atom. The Kier molecular flexibility index (Phi) is 6.03. The third kappa shape index (κ3) is 5.43. The number of aliphatic hydroxyl groups is 1. The molecule has 0 aliphatic carbocycles. The summed E-state index contributed by atoms with van der Waals surface area (Å²) in [6.45, 7) is 2.93. The smallest absolute Gasteiger partial charge is 0.175 e. The number of nitrogens with one attached hydrogen (secondary N) is 1.